The second-order valence-corrected chi connectivity index (χ2v) is 12.4. The molecule has 6 rings (SSSR count). The summed E-state index contributed by atoms with van der Waals surface area (Å²) in [5.41, 5.74) is 10.2. The smallest absolute Gasteiger partial charge is 0.382 e. The molecule has 2 saturated heterocycles. The number of anilines is 1. The standard InChI is InChI=1S/C27H27F3N6O2S/c1-39(37,38)24-23(18-11-19-8-9-20(12-18)35(19)15-27(28,29)30)34-26-21(14-33-36(26)25(24)31)17-7-10-22(32-13-17)16-5-3-2-4-6-16/h2-7,10,13-14,18-20H,8-9,11-12,15,31H2,1H3. The van der Waals surface area contributed by atoms with Crippen molar-refractivity contribution < 1.29 is 21.6 Å². The highest BCUT2D eigenvalue weighted by atomic mass is 32.2. The predicted octanol–water partition coefficient (Wildman–Crippen LogP) is 4.72. The van der Waals surface area contributed by atoms with Crippen molar-refractivity contribution in [1.82, 2.24) is 24.5 Å². The lowest BCUT2D eigenvalue weighted by atomic mass is 9.87. The molecular weight excluding hydrogens is 529 g/mol. The number of fused-ring (bicyclic) bond motifs is 3. The third-order valence-electron chi connectivity index (χ3n) is 7.81. The SMILES string of the molecule is CS(=O)(=O)c1c(C2CC3CCC(C2)N3CC(F)(F)F)nc2c(-c3ccc(-c4ccccc4)nc3)cnn2c1N. The third kappa shape index (κ3) is 4.76. The molecule has 2 bridgehead atoms. The van der Waals surface area contributed by atoms with Gasteiger partial charge in [-0.15, -0.1) is 0 Å². The van der Waals surface area contributed by atoms with Gasteiger partial charge >= 0.3 is 6.18 Å². The fourth-order valence-corrected chi connectivity index (χ4v) is 7.23. The van der Waals surface area contributed by atoms with Crippen LogP contribution in [0.5, 0.6) is 0 Å². The Morgan fingerprint density at radius 1 is 1.00 bits per heavy atom. The molecule has 2 unspecified atom stereocenters. The van der Waals surface area contributed by atoms with E-state index in [1.807, 2.05) is 42.5 Å². The number of alkyl halides is 3. The van der Waals surface area contributed by atoms with Crippen LogP contribution in [-0.2, 0) is 9.84 Å². The maximum absolute atomic E-state index is 13.2. The molecule has 3 aromatic heterocycles. The van der Waals surface area contributed by atoms with Crippen LogP contribution in [0.2, 0.25) is 0 Å². The molecule has 4 aromatic rings. The Morgan fingerprint density at radius 2 is 1.69 bits per heavy atom. The average molecular weight is 557 g/mol. The summed E-state index contributed by atoms with van der Waals surface area (Å²) in [7, 11) is -3.81. The number of hydrogen-bond acceptors (Lipinski definition) is 7. The largest absolute Gasteiger partial charge is 0.401 e. The molecular formula is C27H27F3N6O2S. The fourth-order valence-electron chi connectivity index (χ4n) is 6.17. The minimum atomic E-state index is -4.29. The molecule has 5 heterocycles. The van der Waals surface area contributed by atoms with Crippen molar-refractivity contribution >= 4 is 21.3 Å². The maximum atomic E-state index is 13.2. The Balaban J connectivity index is 1.41. The Morgan fingerprint density at radius 3 is 2.28 bits per heavy atom. The quantitative estimate of drug-likeness (QED) is 0.379. The highest BCUT2D eigenvalue weighted by Crippen LogP contribution is 2.46. The summed E-state index contributed by atoms with van der Waals surface area (Å²) in [6, 6.07) is 12.9. The van der Waals surface area contributed by atoms with Gasteiger partial charge in [0.05, 0.1) is 24.1 Å². The van der Waals surface area contributed by atoms with Crippen molar-refractivity contribution in [3.8, 4) is 22.4 Å². The van der Waals surface area contributed by atoms with Gasteiger partial charge in [-0.25, -0.2) is 13.4 Å². The van der Waals surface area contributed by atoms with Crippen molar-refractivity contribution in [3.63, 3.8) is 0 Å². The predicted molar refractivity (Wildman–Crippen MR) is 141 cm³/mol. The minimum Gasteiger partial charge on any atom is -0.382 e. The molecule has 1 aromatic carbocycles. The highest BCUT2D eigenvalue weighted by Gasteiger charge is 2.47. The van der Waals surface area contributed by atoms with Crippen LogP contribution in [0.1, 0.15) is 37.3 Å². The molecule has 0 saturated carbocycles. The first-order chi connectivity index (χ1) is 18.5. The number of halogens is 3. The van der Waals surface area contributed by atoms with Gasteiger partial charge in [-0.3, -0.25) is 9.88 Å². The van der Waals surface area contributed by atoms with Gasteiger partial charge in [-0.05, 0) is 31.7 Å². The first kappa shape index (κ1) is 25.8. The minimum absolute atomic E-state index is 0.0531. The molecule has 39 heavy (non-hydrogen) atoms. The van der Waals surface area contributed by atoms with Crippen LogP contribution in [0.15, 0.2) is 59.8 Å². The van der Waals surface area contributed by atoms with E-state index in [0.717, 1.165) is 23.1 Å². The summed E-state index contributed by atoms with van der Waals surface area (Å²) in [5, 5.41) is 4.33. The molecule has 2 fully saturated rings. The number of piperidine rings is 1. The number of nitrogen functional groups attached to an aromatic ring is 1. The van der Waals surface area contributed by atoms with E-state index in [-0.39, 0.29) is 28.7 Å². The van der Waals surface area contributed by atoms with Gasteiger partial charge < -0.3 is 5.73 Å². The van der Waals surface area contributed by atoms with Crippen molar-refractivity contribution in [2.45, 2.75) is 54.8 Å². The summed E-state index contributed by atoms with van der Waals surface area (Å²) in [5.74, 6) is -0.395. The van der Waals surface area contributed by atoms with Crippen molar-refractivity contribution in [3.05, 3.63) is 60.6 Å². The molecule has 204 valence electrons. The number of sulfone groups is 1. The van der Waals surface area contributed by atoms with E-state index >= 15 is 0 Å². The van der Waals surface area contributed by atoms with E-state index in [4.69, 9.17) is 10.7 Å². The number of pyridine rings is 1. The first-order valence-electron chi connectivity index (χ1n) is 12.7. The molecule has 0 spiro atoms. The lowest BCUT2D eigenvalue weighted by molar-refractivity contribution is -0.155. The Labute approximate surface area is 223 Å². The molecule has 2 N–H and O–H groups in total. The second kappa shape index (κ2) is 9.30. The van der Waals surface area contributed by atoms with Gasteiger partial charge in [-0.1, -0.05) is 36.4 Å². The number of rotatable bonds is 5. The molecule has 2 aliphatic rings. The molecule has 0 radical (unpaired) electrons. The zero-order chi connectivity index (χ0) is 27.5. The van der Waals surface area contributed by atoms with Crippen LogP contribution < -0.4 is 5.73 Å². The first-order valence-corrected chi connectivity index (χ1v) is 14.6. The van der Waals surface area contributed by atoms with Crippen molar-refractivity contribution in [1.29, 1.82) is 0 Å². The number of benzene rings is 1. The average Bonchev–Trinajstić information content (AvgIpc) is 3.39. The highest BCUT2D eigenvalue weighted by molar-refractivity contribution is 7.91. The van der Waals surface area contributed by atoms with E-state index in [0.29, 0.717) is 42.6 Å². The van der Waals surface area contributed by atoms with Gasteiger partial charge in [0.15, 0.2) is 15.5 Å². The summed E-state index contributed by atoms with van der Waals surface area (Å²) in [4.78, 5) is 10.8. The fraction of sp³-hybridized carbons (Fsp3) is 0.370. The van der Waals surface area contributed by atoms with Crippen molar-refractivity contribution in [2.24, 2.45) is 0 Å². The van der Waals surface area contributed by atoms with E-state index < -0.39 is 22.6 Å². The topological polar surface area (TPSA) is 106 Å². The Hall–Kier alpha value is -3.51. The van der Waals surface area contributed by atoms with Crippen LogP contribution in [0.25, 0.3) is 28.0 Å². The Kier molecular flexibility index (Phi) is 6.14. The van der Waals surface area contributed by atoms with E-state index in [1.165, 1.54) is 9.42 Å². The van der Waals surface area contributed by atoms with Crippen LogP contribution in [-0.4, -0.2) is 64.0 Å². The molecule has 0 aliphatic carbocycles. The summed E-state index contributed by atoms with van der Waals surface area (Å²) in [6.07, 6.45) is 2.11. The van der Waals surface area contributed by atoms with Crippen LogP contribution in [0.3, 0.4) is 0 Å². The zero-order valence-electron chi connectivity index (χ0n) is 21.1. The molecule has 0 amide bonds. The van der Waals surface area contributed by atoms with Gasteiger partial charge in [0.25, 0.3) is 0 Å². The second-order valence-electron chi connectivity index (χ2n) is 10.4. The monoisotopic (exact) mass is 556 g/mol. The van der Waals surface area contributed by atoms with E-state index in [1.54, 1.807) is 12.4 Å². The molecule has 2 atom stereocenters. The van der Waals surface area contributed by atoms with Crippen LogP contribution in [0, 0.1) is 0 Å². The number of nitrogens with zero attached hydrogens (tertiary/aromatic N) is 5. The Bertz CT molecular complexity index is 1620. The third-order valence-corrected chi connectivity index (χ3v) is 8.97. The van der Waals surface area contributed by atoms with Crippen LogP contribution in [0.4, 0.5) is 19.0 Å². The zero-order valence-corrected chi connectivity index (χ0v) is 22.0. The summed E-state index contributed by atoms with van der Waals surface area (Å²) >= 11 is 0. The van der Waals surface area contributed by atoms with Crippen molar-refractivity contribution in [2.75, 3.05) is 18.5 Å². The van der Waals surface area contributed by atoms with Gasteiger partial charge in [0.2, 0.25) is 0 Å². The molecule has 12 heteroatoms. The number of nitrogens with two attached hydrogens (primary N) is 1. The van der Waals surface area contributed by atoms with Gasteiger partial charge in [0, 0.05) is 47.1 Å². The van der Waals surface area contributed by atoms with E-state index in [9.17, 15) is 21.6 Å². The normalized spacial score (nSPS) is 22.0. The lowest BCUT2D eigenvalue weighted by Gasteiger charge is -2.39. The molecule has 8 nitrogen and oxygen atoms in total. The van der Waals surface area contributed by atoms with E-state index in [2.05, 4.69) is 10.1 Å². The summed E-state index contributed by atoms with van der Waals surface area (Å²) in [6.45, 7) is -0.957. The van der Waals surface area contributed by atoms with Crippen LogP contribution >= 0.6 is 0 Å². The van der Waals surface area contributed by atoms with Gasteiger partial charge in [-0.2, -0.15) is 22.8 Å². The van der Waals surface area contributed by atoms with Gasteiger partial charge in [0.1, 0.15) is 10.7 Å². The lowest BCUT2D eigenvalue weighted by Crippen LogP contribution is -2.47. The molecule has 2 aliphatic heterocycles. The summed E-state index contributed by atoms with van der Waals surface area (Å²) < 4.78 is 66.8. The number of aromatic nitrogens is 4. The number of hydrogen-bond donors (Lipinski definition) is 1. The maximum Gasteiger partial charge on any atom is 0.401 e.